The molecule has 0 saturated carbocycles. The highest BCUT2D eigenvalue weighted by molar-refractivity contribution is 7.99. The van der Waals surface area contributed by atoms with Crippen LogP contribution < -0.4 is 5.73 Å². The van der Waals surface area contributed by atoms with Crippen molar-refractivity contribution in [3.63, 3.8) is 0 Å². The van der Waals surface area contributed by atoms with Crippen molar-refractivity contribution in [3.8, 4) is 0 Å². The molecule has 0 aliphatic heterocycles. The summed E-state index contributed by atoms with van der Waals surface area (Å²) in [5, 5.41) is 0.919. The van der Waals surface area contributed by atoms with Gasteiger partial charge in [0, 0.05) is 6.20 Å². The van der Waals surface area contributed by atoms with Gasteiger partial charge in [0.2, 0.25) is 0 Å². The van der Waals surface area contributed by atoms with Gasteiger partial charge in [0.1, 0.15) is 5.82 Å². The van der Waals surface area contributed by atoms with Gasteiger partial charge in [-0.05, 0) is 12.7 Å². The largest absolute Gasteiger partial charge is 0.383 e. The Morgan fingerprint density at radius 3 is 2.92 bits per heavy atom. The van der Waals surface area contributed by atoms with Crippen molar-refractivity contribution in [2.75, 3.05) is 11.5 Å². The number of imidazole rings is 1. The second-order valence-electron chi connectivity index (χ2n) is 2.35. The molecular weight excluding hydrogens is 170 g/mol. The molecule has 12 heavy (non-hydrogen) atoms. The normalized spacial score (nSPS) is 10.2. The molecule has 1 rings (SSSR count). The van der Waals surface area contributed by atoms with Gasteiger partial charge in [0.15, 0.2) is 5.16 Å². The third-order valence-corrected chi connectivity index (χ3v) is 2.39. The van der Waals surface area contributed by atoms with Crippen LogP contribution in [0.25, 0.3) is 6.20 Å². The summed E-state index contributed by atoms with van der Waals surface area (Å²) in [6, 6.07) is 0. The van der Waals surface area contributed by atoms with Crippen LogP contribution in [0.4, 0.5) is 5.82 Å². The van der Waals surface area contributed by atoms with Crippen LogP contribution in [0.1, 0.15) is 12.6 Å². The van der Waals surface area contributed by atoms with E-state index < -0.39 is 0 Å². The Morgan fingerprint density at radius 1 is 1.75 bits per heavy atom. The average Bonchev–Trinajstić information content (AvgIpc) is 2.29. The molecule has 1 aromatic rings. The van der Waals surface area contributed by atoms with Crippen molar-refractivity contribution < 1.29 is 0 Å². The molecule has 0 fully saturated rings. The number of nitrogen functional groups attached to an aromatic ring is 1. The number of thioether (sulfide) groups is 1. The molecule has 0 amide bonds. The minimum Gasteiger partial charge on any atom is -0.383 e. The summed E-state index contributed by atoms with van der Waals surface area (Å²) in [6.07, 6.45) is 1.69. The zero-order chi connectivity index (χ0) is 9.14. The molecule has 66 valence electrons. The second kappa shape index (κ2) is 3.67. The molecule has 1 aromatic heterocycles. The lowest BCUT2D eigenvalue weighted by atomic mass is 10.5. The van der Waals surface area contributed by atoms with Gasteiger partial charge in [-0.15, -0.1) is 0 Å². The van der Waals surface area contributed by atoms with Crippen LogP contribution in [0.2, 0.25) is 0 Å². The molecule has 0 aromatic carbocycles. The predicted octanol–water partition coefficient (Wildman–Crippen LogP) is 1.99. The molecule has 0 aliphatic carbocycles. The van der Waals surface area contributed by atoms with Gasteiger partial charge in [-0.25, -0.2) is 4.98 Å². The number of nitrogens with two attached hydrogens (primary N) is 1. The van der Waals surface area contributed by atoms with E-state index in [2.05, 4.69) is 18.5 Å². The van der Waals surface area contributed by atoms with Crippen molar-refractivity contribution in [1.29, 1.82) is 0 Å². The Balaban J connectivity index is 3.10. The maximum absolute atomic E-state index is 5.76. The fourth-order valence-corrected chi connectivity index (χ4v) is 1.71. The summed E-state index contributed by atoms with van der Waals surface area (Å²) in [7, 11) is 0. The highest BCUT2D eigenvalue weighted by atomic mass is 32.2. The molecule has 0 saturated heterocycles. The molecule has 0 radical (unpaired) electrons. The van der Waals surface area contributed by atoms with Crippen LogP contribution >= 0.6 is 11.8 Å². The summed E-state index contributed by atoms with van der Waals surface area (Å²) in [5.74, 6) is 1.67. The van der Waals surface area contributed by atoms with Gasteiger partial charge in [-0.2, -0.15) is 0 Å². The van der Waals surface area contributed by atoms with E-state index in [4.69, 9.17) is 5.73 Å². The van der Waals surface area contributed by atoms with Crippen LogP contribution in [-0.2, 0) is 0 Å². The van der Waals surface area contributed by atoms with E-state index in [0.29, 0.717) is 5.82 Å². The van der Waals surface area contributed by atoms with Crippen LogP contribution in [0.3, 0.4) is 0 Å². The summed E-state index contributed by atoms with van der Waals surface area (Å²) in [5.41, 5.74) is 6.63. The van der Waals surface area contributed by atoms with E-state index >= 15 is 0 Å². The minimum atomic E-state index is 0.681. The number of aryl methyl sites for hydroxylation is 1. The van der Waals surface area contributed by atoms with E-state index in [0.717, 1.165) is 16.6 Å². The van der Waals surface area contributed by atoms with Gasteiger partial charge < -0.3 is 5.73 Å². The van der Waals surface area contributed by atoms with Crippen LogP contribution in [0, 0.1) is 6.92 Å². The Bertz CT molecular complexity index is 291. The number of hydrogen-bond donors (Lipinski definition) is 1. The van der Waals surface area contributed by atoms with E-state index in [-0.39, 0.29) is 0 Å². The maximum atomic E-state index is 5.76. The van der Waals surface area contributed by atoms with E-state index in [1.165, 1.54) is 0 Å². The number of nitrogens with zero attached hydrogens (tertiary/aromatic N) is 2. The fraction of sp³-hybridized carbons (Fsp3) is 0.375. The molecule has 3 nitrogen and oxygen atoms in total. The first-order valence-electron chi connectivity index (χ1n) is 3.80. The average molecular weight is 183 g/mol. The van der Waals surface area contributed by atoms with E-state index in [1.54, 1.807) is 18.0 Å². The molecule has 0 unspecified atom stereocenters. The first kappa shape index (κ1) is 9.19. The van der Waals surface area contributed by atoms with Crippen molar-refractivity contribution in [1.82, 2.24) is 9.55 Å². The second-order valence-corrected chi connectivity index (χ2v) is 3.58. The van der Waals surface area contributed by atoms with Crippen molar-refractivity contribution in [3.05, 3.63) is 12.3 Å². The first-order valence-corrected chi connectivity index (χ1v) is 4.79. The van der Waals surface area contributed by atoms with Gasteiger partial charge in [-0.3, -0.25) is 4.57 Å². The van der Waals surface area contributed by atoms with Gasteiger partial charge in [0.05, 0.1) is 5.69 Å². The molecule has 0 spiro atoms. The van der Waals surface area contributed by atoms with Crippen molar-refractivity contribution in [2.45, 2.75) is 19.0 Å². The quantitative estimate of drug-likeness (QED) is 0.729. The number of rotatable bonds is 3. The SMILES string of the molecule is C=Cn1c(SCC)nc(C)c1N. The molecule has 4 heteroatoms. The van der Waals surface area contributed by atoms with Crippen LogP contribution in [0.5, 0.6) is 0 Å². The Kier molecular flexibility index (Phi) is 2.81. The summed E-state index contributed by atoms with van der Waals surface area (Å²) >= 11 is 1.66. The third kappa shape index (κ3) is 1.48. The van der Waals surface area contributed by atoms with E-state index in [1.807, 2.05) is 11.5 Å². The Hall–Kier alpha value is -0.900. The zero-order valence-electron chi connectivity index (χ0n) is 7.37. The molecular formula is C8H13N3S. The molecule has 2 N–H and O–H groups in total. The highest BCUT2D eigenvalue weighted by Crippen LogP contribution is 2.22. The zero-order valence-corrected chi connectivity index (χ0v) is 8.19. The van der Waals surface area contributed by atoms with Gasteiger partial charge in [-0.1, -0.05) is 25.3 Å². The lowest BCUT2D eigenvalue weighted by molar-refractivity contribution is 0.946. The Morgan fingerprint density at radius 2 is 2.42 bits per heavy atom. The third-order valence-electron chi connectivity index (χ3n) is 1.56. The molecule has 1 heterocycles. The van der Waals surface area contributed by atoms with Gasteiger partial charge in [0.25, 0.3) is 0 Å². The summed E-state index contributed by atoms with van der Waals surface area (Å²) in [4.78, 5) is 4.30. The van der Waals surface area contributed by atoms with Crippen molar-refractivity contribution >= 4 is 23.8 Å². The lowest BCUT2D eigenvalue weighted by Crippen LogP contribution is -1.96. The van der Waals surface area contributed by atoms with E-state index in [9.17, 15) is 0 Å². The maximum Gasteiger partial charge on any atom is 0.174 e. The van der Waals surface area contributed by atoms with Gasteiger partial charge >= 0.3 is 0 Å². The van der Waals surface area contributed by atoms with Crippen molar-refractivity contribution in [2.24, 2.45) is 0 Å². The summed E-state index contributed by atoms with van der Waals surface area (Å²) < 4.78 is 1.81. The number of anilines is 1. The minimum absolute atomic E-state index is 0.681. The monoisotopic (exact) mass is 183 g/mol. The molecule has 0 aliphatic rings. The number of aromatic nitrogens is 2. The smallest absolute Gasteiger partial charge is 0.174 e. The highest BCUT2D eigenvalue weighted by Gasteiger charge is 2.08. The number of hydrogen-bond acceptors (Lipinski definition) is 3. The first-order chi connectivity index (χ1) is 5.70. The molecule has 0 bridgehead atoms. The standard InChI is InChI=1S/C8H13N3S/c1-4-11-7(9)6(3)10-8(11)12-5-2/h4H,1,5,9H2,2-3H3. The summed E-state index contributed by atoms with van der Waals surface area (Å²) in [6.45, 7) is 7.66. The Labute approximate surface area is 76.7 Å². The van der Waals surface area contributed by atoms with Crippen LogP contribution in [0.15, 0.2) is 11.7 Å². The topological polar surface area (TPSA) is 43.8 Å². The van der Waals surface area contributed by atoms with Crippen LogP contribution in [-0.4, -0.2) is 15.3 Å². The predicted molar refractivity (Wildman–Crippen MR) is 54.2 cm³/mol. The fourth-order valence-electron chi connectivity index (χ4n) is 0.939. The lowest BCUT2D eigenvalue weighted by Gasteiger charge is -2.00. The molecule has 0 atom stereocenters.